The maximum absolute atomic E-state index is 13.8. The van der Waals surface area contributed by atoms with E-state index in [0.29, 0.717) is 0 Å². The van der Waals surface area contributed by atoms with Gasteiger partial charge in [-0.2, -0.15) is 5.26 Å². The average molecular weight is 266 g/mol. The molecule has 1 fully saturated rings. The Balaban J connectivity index is 2.33. The lowest BCUT2D eigenvalue weighted by Crippen LogP contribution is -2.44. The van der Waals surface area contributed by atoms with Gasteiger partial charge in [0.05, 0.1) is 11.5 Å². The van der Waals surface area contributed by atoms with Crippen LogP contribution in [0.15, 0.2) is 18.2 Å². The summed E-state index contributed by atoms with van der Waals surface area (Å²) in [6.07, 6.45) is -0.738. The largest absolute Gasteiger partial charge is 0.465 e. The fourth-order valence-corrected chi connectivity index (χ4v) is 2.39. The molecule has 1 aliphatic rings. The molecule has 1 aliphatic heterocycles. The number of likely N-dealkylation sites (tertiary alicyclic amines) is 1. The van der Waals surface area contributed by atoms with Crippen LogP contribution in [0.2, 0.25) is 0 Å². The zero-order valence-electron chi connectivity index (χ0n) is 10.1. The summed E-state index contributed by atoms with van der Waals surface area (Å²) in [6, 6.07) is 5.05. The highest BCUT2D eigenvalue weighted by molar-refractivity contribution is 5.65. The van der Waals surface area contributed by atoms with Gasteiger partial charge in [-0.1, -0.05) is 0 Å². The Morgan fingerprint density at radius 2 is 2.00 bits per heavy atom. The number of rotatable bonds is 1. The minimum absolute atomic E-state index is 0.0139. The Kier molecular flexibility index (Phi) is 3.38. The first-order valence-corrected chi connectivity index (χ1v) is 5.83. The molecule has 2 rings (SSSR count). The van der Waals surface area contributed by atoms with Gasteiger partial charge in [-0.05, 0) is 31.0 Å². The van der Waals surface area contributed by atoms with Crippen molar-refractivity contribution in [3.8, 4) is 6.07 Å². The predicted octanol–water partition coefficient (Wildman–Crippen LogP) is 2.50. The van der Waals surface area contributed by atoms with E-state index in [9.17, 15) is 18.8 Å². The average Bonchev–Trinajstić information content (AvgIpc) is 2.41. The lowest BCUT2D eigenvalue weighted by atomic mass is 9.74. The number of benzene rings is 1. The van der Waals surface area contributed by atoms with Crippen LogP contribution in [0.25, 0.3) is 0 Å². The van der Waals surface area contributed by atoms with Gasteiger partial charge < -0.3 is 10.0 Å². The molecule has 0 saturated carbocycles. The number of carbonyl (C=O) groups is 1. The Morgan fingerprint density at radius 3 is 2.53 bits per heavy atom. The van der Waals surface area contributed by atoms with Gasteiger partial charge in [0, 0.05) is 18.7 Å². The second kappa shape index (κ2) is 4.84. The van der Waals surface area contributed by atoms with E-state index in [1.807, 2.05) is 6.07 Å². The van der Waals surface area contributed by atoms with Crippen LogP contribution in [0.5, 0.6) is 0 Å². The summed E-state index contributed by atoms with van der Waals surface area (Å²) in [4.78, 5) is 12.0. The van der Waals surface area contributed by atoms with Gasteiger partial charge in [0.15, 0.2) is 0 Å². The molecule has 100 valence electrons. The van der Waals surface area contributed by atoms with Crippen molar-refractivity contribution >= 4 is 6.09 Å². The molecular weight excluding hydrogens is 254 g/mol. The number of halogens is 2. The zero-order chi connectivity index (χ0) is 14.0. The molecule has 0 radical (unpaired) electrons. The number of amides is 1. The number of piperidine rings is 1. The lowest BCUT2D eigenvalue weighted by Gasteiger charge is -2.36. The third-order valence-corrected chi connectivity index (χ3v) is 3.55. The number of hydrogen-bond donors (Lipinski definition) is 1. The maximum Gasteiger partial charge on any atom is 0.407 e. The van der Waals surface area contributed by atoms with Gasteiger partial charge >= 0.3 is 6.09 Å². The SMILES string of the molecule is N#CC1(c2cc(F)ccc2F)CCN(C(=O)O)CC1. The van der Waals surface area contributed by atoms with Gasteiger partial charge in [-0.15, -0.1) is 0 Å². The van der Waals surface area contributed by atoms with Crippen LogP contribution in [0.3, 0.4) is 0 Å². The van der Waals surface area contributed by atoms with E-state index in [2.05, 4.69) is 0 Å². The molecular formula is C13H12F2N2O2. The molecule has 1 saturated heterocycles. The first-order valence-electron chi connectivity index (χ1n) is 5.83. The van der Waals surface area contributed by atoms with Gasteiger partial charge in [0.25, 0.3) is 0 Å². The van der Waals surface area contributed by atoms with Crippen LogP contribution >= 0.6 is 0 Å². The fourth-order valence-electron chi connectivity index (χ4n) is 2.39. The summed E-state index contributed by atoms with van der Waals surface area (Å²) in [5.41, 5.74) is -1.14. The number of carboxylic acid groups (broad SMARTS) is 1. The van der Waals surface area contributed by atoms with Crippen molar-refractivity contribution in [3.05, 3.63) is 35.4 Å². The highest BCUT2D eigenvalue weighted by Gasteiger charge is 2.39. The molecule has 1 aromatic carbocycles. The van der Waals surface area contributed by atoms with Crippen LogP contribution in [0, 0.1) is 23.0 Å². The second-order valence-electron chi connectivity index (χ2n) is 4.59. The summed E-state index contributed by atoms with van der Waals surface area (Å²) in [5, 5.41) is 18.2. The normalized spacial score (nSPS) is 17.8. The Labute approximate surface area is 108 Å². The molecule has 0 aromatic heterocycles. The molecule has 0 spiro atoms. The predicted molar refractivity (Wildman–Crippen MR) is 62.5 cm³/mol. The molecule has 19 heavy (non-hydrogen) atoms. The molecule has 4 nitrogen and oxygen atoms in total. The first-order chi connectivity index (χ1) is 8.98. The second-order valence-corrected chi connectivity index (χ2v) is 4.59. The summed E-state index contributed by atoms with van der Waals surface area (Å²) < 4.78 is 27.0. The van der Waals surface area contributed by atoms with Crippen molar-refractivity contribution in [2.45, 2.75) is 18.3 Å². The topological polar surface area (TPSA) is 64.3 Å². The van der Waals surface area contributed by atoms with E-state index in [0.717, 1.165) is 18.2 Å². The Morgan fingerprint density at radius 1 is 1.37 bits per heavy atom. The fraction of sp³-hybridized carbons (Fsp3) is 0.385. The van der Waals surface area contributed by atoms with Gasteiger partial charge in [0.2, 0.25) is 0 Å². The molecule has 6 heteroatoms. The number of hydrogen-bond acceptors (Lipinski definition) is 2. The van der Waals surface area contributed by atoms with E-state index in [1.54, 1.807) is 0 Å². The quantitative estimate of drug-likeness (QED) is 0.849. The molecule has 0 unspecified atom stereocenters. The van der Waals surface area contributed by atoms with Crippen molar-refractivity contribution in [2.75, 3.05) is 13.1 Å². The number of nitriles is 1. The summed E-state index contributed by atoms with van der Waals surface area (Å²) in [7, 11) is 0. The lowest BCUT2D eigenvalue weighted by molar-refractivity contribution is 0.124. The third-order valence-electron chi connectivity index (χ3n) is 3.55. The van der Waals surface area contributed by atoms with E-state index in [1.165, 1.54) is 4.90 Å². The van der Waals surface area contributed by atoms with E-state index < -0.39 is 23.1 Å². The van der Waals surface area contributed by atoms with Crippen LogP contribution in [0.1, 0.15) is 18.4 Å². The molecule has 0 atom stereocenters. The van der Waals surface area contributed by atoms with Crippen molar-refractivity contribution in [1.29, 1.82) is 5.26 Å². The van der Waals surface area contributed by atoms with E-state index >= 15 is 0 Å². The summed E-state index contributed by atoms with van der Waals surface area (Å²) >= 11 is 0. The molecule has 1 heterocycles. The van der Waals surface area contributed by atoms with Crippen LogP contribution in [-0.2, 0) is 5.41 Å². The molecule has 1 aromatic rings. The van der Waals surface area contributed by atoms with Gasteiger partial charge in [-0.25, -0.2) is 13.6 Å². The molecule has 1 N–H and O–H groups in total. The highest BCUT2D eigenvalue weighted by atomic mass is 19.1. The minimum Gasteiger partial charge on any atom is -0.465 e. The smallest absolute Gasteiger partial charge is 0.407 e. The standard InChI is InChI=1S/C13H12F2N2O2/c14-9-1-2-11(15)10(7-9)13(8-16)3-5-17(6-4-13)12(18)19/h1-2,7H,3-6H2,(H,18,19). The monoisotopic (exact) mass is 266 g/mol. The highest BCUT2D eigenvalue weighted by Crippen LogP contribution is 2.36. The van der Waals surface area contributed by atoms with Crippen LogP contribution in [0.4, 0.5) is 13.6 Å². The summed E-state index contributed by atoms with van der Waals surface area (Å²) in [6.45, 7) is 0.275. The van der Waals surface area contributed by atoms with Crippen molar-refractivity contribution in [1.82, 2.24) is 4.90 Å². The Hall–Kier alpha value is -2.16. The summed E-state index contributed by atoms with van der Waals surface area (Å²) in [5.74, 6) is -1.24. The van der Waals surface area contributed by atoms with Crippen molar-refractivity contribution in [2.24, 2.45) is 0 Å². The minimum atomic E-state index is -1.15. The van der Waals surface area contributed by atoms with E-state index in [-0.39, 0.29) is 31.5 Å². The molecule has 0 aliphatic carbocycles. The first kappa shape index (κ1) is 13.3. The maximum atomic E-state index is 13.8. The van der Waals surface area contributed by atoms with Gasteiger partial charge in [-0.3, -0.25) is 0 Å². The van der Waals surface area contributed by atoms with Crippen LogP contribution < -0.4 is 0 Å². The zero-order valence-corrected chi connectivity index (χ0v) is 10.1. The van der Waals surface area contributed by atoms with Gasteiger partial charge in [0.1, 0.15) is 11.6 Å². The molecule has 1 amide bonds. The van der Waals surface area contributed by atoms with Crippen LogP contribution in [-0.4, -0.2) is 29.2 Å². The van der Waals surface area contributed by atoms with E-state index in [4.69, 9.17) is 5.11 Å². The third kappa shape index (κ3) is 2.36. The Bertz CT molecular complexity index is 546. The number of nitrogens with zero attached hydrogens (tertiary/aromatic N) is 2. The molecule has 0 bridgehead atoms. The van der Waals surface area contributed by atoms with Crippen molar-refractivity contribution < 1.29 is 18.7 Å². The van der Waals surface area contributed by atoms with Crippen molar-refractivity contribution in [3.63, 3.8) is 0 Å².